The number of hydrogen-bond donors (Lipinski definition) is 1. The minimum absolute atomic E-state index is 0.0614. The Balaban J connectivity index is 2.11. The first-order valence-electron chi connectivity index (χ1n) is 6.34. The second-order valence-corrected chi connectivity index (χ2v) is 5.38. The standard InChI is InChI=1S/C14H17N3OS/c1-3-6-16-13(18)8-12-10(2)17-14(19-12)11-5-4-7-15-9-11/h4-5,7,9H,3,6,8H2,1-2H3,(H,16,18). The van der Waals surface area contributed by atoms with Crippen molar-refractivity contribution < 1.29 is 4.79 Å². The minimum atomic E-state index is 0.0614. The number of pyridine rings is 1. The topological polar surface area (TPSA) is 54.9 Å². The number of nitrogens with zero attached hydrogens (tertiary/aromatic N) is 2. The van der Waals surface area contributed by atoms with E-state index in [0.717, 1.165) is 34.1 Å². The van der Waals surface area contributed by atoms with Crippen LogP contribution in [0.15, 0.2) is 24.5 Å². The van der Waals surface area contributed by atoms with Crippen LogP contribution in [0.5, 0.6) is 0 Å². The highest BCUT2D eigenvalue weighted by atomic mass is 32.1. The van der Waals surface area contributed by atoms with Crippen molar-refractivity contribution in [3.05, 3.63) is 35.1 Å². The molecule has 19 heavy (non-hydrogen) atoms. The third-order valence-electron chi connectivity index (χ3n) is 2.69. The Kier molecular flexibility index (Phi) is 4.63. The summed E-state index contributed by atoms with van der Waals surface area (Å²) in [5.41, 5.74) is 1.92. The van der Waals surface area contributed by atoms with Crippen molar-refractivity contribution in [1.29, 1.82) is 0 Å². The van der Waals surface area contributed by atoms with Crippen molar-refractivity contribution in [3.8, 4) is 10.6 Å². The van der Waals surface area contributed by atoms with E-state index in [9.17, 15) is 4.79 Å². The van der Waals surface area contributed by atoms with Crippen molar-refractivity contribution in [2.24, 2.45) is 0 Å². The van der Waals surface area contributed by atoms with E-state index in [4.69, 9.17) is 0 Å². The average molecular weight is 275 g/mol. The van der Waals surface area contributed by atoms with E-state index >= 15 is 0 Å². The lowest BCUT2D eigenvalue weighted by molar-refractivity contribution is -0.120. The van der Waals surface area contributed by atoms with Crippen LogP contribution >= 0.6 is 11.3 Å². The van der Waals surface area contributed by atoms with Crippen LogP contribution in [0.4, 0.5) is 0 Å². The fourth-order valence-electron chi connectivity index (χ4n) is 1.68. The second kappa shape index (κ2) is 6.43. The van der Waals surface area contributed by atoms with Crippen LogP contribution in [0.25, 0.3) is 10.6 Å². The Morgan fingerprint density at radius 1 is 1.47 bits per heavy atom. The molecule has 0 unspecified atom stereocenters. The van der Waals surface area contributed by atoms with Gasteiger partial charge in [0.05, 0.1) is 12.1 Å². The van der Waals surface area contributed by atoms with Gasteiger partial charge in [-0.15, -0.1) is 11.3 Å². The van der Waals surface area contributed by atoms with Crippen LogP contribution in [-0.4, -0.2) is 22.4 Å². The summed E-state index contributed by atoms with van der Waals surface area (Å²) in [5.74, 6) is 0.0614. The van der Waals surface area contributed by atoms with E-state index in [1.165, 1.54) is 0 Å². The molecular weight excluding hydrogens is 258 g/mol. The summed E-state index contributed by atoms with van der Waals surface area (Å²) in [6, 6.07) is 3.87. The lowest BCUT2D eigenvalue weighted by Crippen LogP contribution is -2.25. The van der Waals surface area contributed by atoms with Gasteiger partial charge in [-0.1, -0.05) is 6.92 Å². The number of amides is 1. The van der Waals surface area contributed by atoms with Crippen molar-refractivity contribution in [2.45, 2.75) is 26.7 Å². The van der Waals surface area contributed by atoms with Crippen molar-refractivity contribution in [1.82, 2.24) is 15.3 Å². The van der Waals surface area contributed by atoms with Gasteiger partial charge in [0.2, 0.25) is 5.91 Å². The highest BCUT2D eigenvalue weighted by Gasteiger charge is 2.12. The highest BCUT2D eigenvalue weighted by molar-refractivity contribution is 7.15. The molecule has 0 spiro atoms. The number of carbonyl (C=O) groups is 1. The third-order valence-corrected chi connectivity index (χ3v) is 3.90. The quantitative estimate of drug-likeness (QED) is 0.912. The molecule has 0 radical (unpaired) electrons. The molecule has 2 heterocycles. The molecule has 2 aromatic heterocycles. The molecule has 2 rings (SSSR count). The molecule has 0 aromatic carbocycles. The fourth-order valence-corrected chi connectivity index (χ4v) is 2.73. The van der Waals surface area contributed by atoms with E-state index < -0.39 is 0 Å². The molecule has 2 aromatic rings. The fraction of sp³-hybridized carbons (Fsp3) is 0.357. The number of hydrogen-bond acceptors (Lipinski definition) is 4. The summed E-state index contributed by atoms with van der Waals surface area (Å²) >= 11 is 1.56. The molecule has 0 saturated heterocycles. The predicted octanol–water partition coefficient (Wildman–Crippen LogP) is 2.58. The minimum Gasteiger partial charge on any atom is -0.356 e. The Morgan fingerprint density at radius 3 is 3.00 bits per heavy atom. The van der Waals surface area contributed by atoms with E-state index in [1.807, 2.05) is 26.0 Å². The van der Waals surface area contributed by atoms with Gasteiger partial charge in [-0.2, -0.15) is 0 Å². The van der Waals surface area contributed by atoms with E-state index in [1.54, 1.807) is 23.7 Å². The van der Waals surface area contributed by atoms with Crippen molar-refractivity contribution in [3.63, 3.8) is 0 Å². The first-order valence-corrected chi connectivity index (χ1v) is 7.15. The molecule has 100 valence electrons. The maximum absolute atomic E-state index is 11.7. The SMILES string of the molecule is CCCNC(=O)Cc1sc(-c2cccnc2)nc1C. The number of carbonyl (C=O) groups excluding carboxylic acids is 1. The zero-order valence-corrected chi connectivity index (χ0v) is 12.0. The third kappa shape index (κ3) is 3.61. The normalized spacial score (nSPS) is 10.4. The van der Waals surface area contributed by atoms with Crippen LogP contribution in [0.2, 0.25) is 0 Å². The van der Waals surface area contributed by atoms with Gasteiger partial charge >= 0.3 is 0 Å². The maximum Gasteiger partial charge on any atom is 0.225 e. The number of nitrogens with one attached hydrogen (secondary N) is 1. The average Bonchev–Trinajstić information content (AvgIpc) is 2.79. The van der Waals surface area contributed by atoms with Gasteiger partial charge in [-0.05, 0) is 25.5 Å². The van der Waals surface area contributed by atoms with Crippen molar-refractivity contribution >= 4 is 17.2 Å². The van der Waals surface area contributed by atoms with Gasteiger partial charge in [0, 0.05) is 29.4 Å². The lowest BCUT2D eigenvalue weighted by atomic mass is 10.3. The number of rotatable bonds is 5. The molecule has 0 fully saturated rings. The summed E-state index contributed by atoms with van der Waals surface area (Å²) in [7, 11) is 0. The monoisotopic (exact) mass is 275 g/mol. The van der Waals surface area contributed by atoms with Crippen LogP contribution < -0.4 is 5.32 Å². The number of aromatic nitrogens is 2. The van der Waals surface area contributed by atoms with Crippen molar-refractivity contribution in [2.75, 3.05) is 6.54 Å². The predicted molar refractivity (Wildman–Crippen MR) is 77.1 cm³/mol. The van der Waals surface area contributed by atoms with Crippen LogP contribution in [-0.2, 0) is 11.2 Å². The van der Waals surface area contributed by atoms with Gasteiger partial charge in [-0.3, -0.25) is 9.78 Å². The van der Waals surface area contributed by atoms with E-state index in [2.05, 4.69) is 15.3 Å². The van der Waals surface area contributed by atoms with E-state index in [-0.39, 0.29) is 5.91 Å². The summed E-state index contributed by atoms with van der Waals surface area (Å²) in [6.07, 6.45) is 4.89. The Bertz CT molecular complexity index is 551. The zero-order valence-electron chi connectivity index (χ0n) is 11.1. The Hall–Kier alpha value is -1.75. The largest absolute Gasteiger partial charge is 0.356 e. The van der Waals surface area contributed by atoms with Crippen LogP contribution in [0, 0.1) is 6.92 Å². The smallest absolute Gasteiger partial charge is 0.225 e. The highest BCUT2D eigenvalue weighted by Crippen LogP contribution is 2.27. The summed E-state index contributed by atoms with van der Waals surface area (Å²) < 4.78 is 0. The van der Waals surface area contributed by atoms with Crippen LogP contribution in [0.1, 0.15) is 23.9 Å². The molecule has 0 bridgehead atoms. The molecule has 0 aliphatic rings. The molecule has 5 heteroatoms. The first kappa shape index (κ1) is 13.7. The maximum atomic E-state index is 11.7. The summed E-state index contributed by atoms with van der Waals surface area (Å²) in [6.45, 7) is 4.71. The van der Waals surface area contributed by atoms with Crippen LogP contribution in [0.3, 0.4) is 0 Å². The molecule has 0 atom stereocenters. The van der Waals surface area contributed by atoms with Gasteiger partial charge in [0.25, 0.3) is 0 Å². The summed E-state index contributed by atoms with van der Waals surface area (Å²) in [4.78, 5) is 21.3. The first-order chi connectivity index (χ1) is 9.20. The molecule has 1 amide bonds. The second-order valence-electron chi connectivity index (χ2n) is 4.30. The van der Waals surface area contributed by atoms with Gasteiger partial charge in [0.15, 0.2) is 0 Å². The molecule has 0 aliphatic carbocycles. The lowest BCUT2D eigenvalue weighted by Gasteiger charge is -2.01. The number of thiazole rings is 1. The van der Waals surface area contributed by atoms with Gasteiger partial charge in [0.1, 0.15) is 5.01 Å². The molecule has 0 aliphatic heterocycles. The zero-order chi connectivity index (χ0) is 13.7. The molecular formula is C14H17N3OS. The van der Waals surface area contributed by atoms with Gasteiger partial charge in [-0.25, -0.2) is 4.98 Å². The van der Waals surface area contributed by atoms with Gasteiger partial charge < -0.3 is 5.32 Å². The molecule has 0 saturated carbocycles. The molecule has 1 N–H and O–H groups in total. The Labute approximate surface area is 116 Å². The Morgan fingerprint density at radius 2 is 2.32 bits per heavy atom. The number of aryl methyl sites for hydroxylation is 1. The summed E-state index contributed by atoms with van der Waals surface area (Å²) in [5, 5.41) is 3.80. The van der Waals surface area contributed by atoms with E-state index in [0.29, 0.717) is 6.42 Å². The molecule has 4 nitrogen and oxygen atoms in total.